The summed E-state index contributed by atoms with van der Waals surface area (Å²) in [5.74, 6) is -0.502. The van der Waals surface area contributed by atoms with Gasteiger partial charge in [-0.25, -0.2) is 14.4 Å². The second kappa shape index (κ2) is 6.09. The van der Waals surface area contributed by atoms with Crippen LogP contribution in [-0.4, -0.2) is 23.0 Å². The molecule has 1 aromatic heterocycles. The number of methoxy groups -OCH3 is 1. The van der Waals surface area contributed by atoms with Gasteiger partial charge in [0.15, 0.2) is 0 Å². The van der Waals surface area contributed by atoms with Gasteiger partial charge in [0.2, 0.25) is 0 Å². The van der Waals surface area contributed by atoms with E-state index in [1.165, 1.54) is 13.2 Å². The number of aromatic nitrogens is 2. The Kier molecular flexibility index (Phi) is 4.44. The number of aryl methyl sites for hydroxylation is 1. The van der Waals surface area contributed by atoms with Crippen LogP contribution in [0.25, 0.3) is 11.3 Å². The number of nitrogens with zero attached hydrogens (tertiary/aromatic N) is 2. The molecule has 1 aromatic carbocycles. The van der Waals surface area contributed by atoms with Crippen molar-refractivity contribution < 1.29 is 13.9 Å². The van der Waals surface area contributed by atoms with Crippen molar-refractivity contribution >= 4 is 21.9 Å². The summed E-state index contributed by atoms with van der Waals surface area (Å²) in [7, 11) is 1.30. The van der Waals surface area contributed by atoms with Gasteiger partial charge < -0.3 is 4.74 Å². The fourth-order valence-electron chi connectivity index (χ4n) is 1.74. The summed E-state index contributed by atoms with van der Waals surface area (Å²) in [5, 5.41) is 0. The van der Waals surface area contributed by atoms with Crippen LogP contribution < -0.4 is 0 Å². The molecular weight excluding hydrogens is 327 g/mol. The van der Waals surface area contributed by atoms with E-state index in [2.05, 4.69) is 30.6 Å². The summed E-state index contributed by atoms with van der Waals surface area (Å²) in [4.78, 5) is 19.7. The Hall–Kier alpha value is -1.82. The normalized spacial score (nSPS) is 10.4. The lowest BCUT2D eigenvalue weighted by molar-refractivity contribution is -0.139. The first kappa shape index (κ1) is 14.6. The Morgan fingerprint density at radius 1 is 1.35 bits per heavy atom. The Morgan fingerprint density at radius 3 is 2.80 bits per heavy atom. The summed E-state index contributed by atoms with van der Waals surface area (Å²) in [6.45, 7) is 1.77. The fraction of sp³-hybridized carbons (Fsp3) is 0.214. The first-order valence-electron chi connectivity index (χ1n) is 5.86. The maximum absolute atomic E-state index is 13.9. The van der Waals surface area contributed by atoms with E-state index in [0.29, 0.717) is 22.8 Å². The zero-order valence-electron chi connectivity index (χ0n) is 11.0. The van der Waals surface area contributed by atoms with Crippen LogP contribution in [0.5, 0.6) is 0 Å². The SMILES string of the molecule is COC(=O)Cc1nc(C)cc(-c2cc(Br)ccc2F)n1. The summed E-state index contributed by atoms with van der Waals surface area (Å²) in [6, 6.07) is 6.28. The van der Waals surface area contributed by atoms with E-state index in [1.807, 2.05) is 0 Å². The molecule has 0 atom stereocenters. The van der Waals surface area contributed by atoms with E-state index in [0.717, 1.165) is 4.47 Å². The van der Waals surface area contributed by atoms with Gasteiger partial charge in [-0.2, -0.15) is 0 Å². The average Bonchev–Trinajstić information content (AvgIpc) is 2.40. The van der Waals surface area contributed by atoms with Crippen LogP contribution in [-0.2, 0) is 16.0 Å². The maximum atomic E-state index is 13.9. The molecule has 0 unspecified atom stereocenters. The highest BCUT2D eigenvalue weighted by atomic mass is 79.9. The van der Waals surface area contributed by atoms with Crippen molar-refractivity contribution in [2.75, 3.05) is 7.11 Å². The highest BCUT2D eigenvalue weighted by molar-refractivity contribution is 9.10. The average molecular weight is 339 g/mol. The molecule has 0 radical (unpaired) electrons. The van der Waals surface area contributed by atoms with Gasteiger partial charge >= 0.3 is 5.97 Å². The summed E-state index contributed by atoms with van der Waals surface area (Å²) >= 11 is 3.30. The molecule has 0 saturated carbocycles. The van der Waals surface area contributed by atoms with Gasteiger partial charge in [0.1, 0.15) is 18.1 Å². The molecule has 2 aromatic rings. The summed E-state index contributed by atoms with van der Waals surface area (Å²) in [6.07, 6.45) is -0.0409. The van der Waals surface area contributed by atoms with Crippen molar-refractivity contribution in [3.8, 4) is 11.3 Å². The summed E-state index contributed by atoms with van der Waals surface area (Å²) < 4.78 is 19.2. The van der Waals surface area contributed by atoms with E-state index in [-0.39, 0.29) is 12.2 Å². The number of halogens is 2. The first-order chi connectivity index (χ1) is 9.49. The highest BCUT2D eigenvalue weighted by Crippen LogP contribution is 2.25. The van der Waals surface area contributed by atoms with Crippen molar-refractivity contribution in [3.63, 3.8) is 0 Å². The second-order valence-corrected chi connectivity index (χ2v) is 5.10. The number of ether oxygens (including phenoxy) is 1. The third-order valence-corrected chi connectivity index (χ3v) is 3.13. The lowest BCUT2D eigenvalue weighted by atomic mass is 10.1. The van der Waals surface area contributed by atoms with Crippen LogP contribution in [0.3, 0.4) is 0 Å². The minimum Gasteiger partial charge on any atom is -0.469 e. The molecule has 1 heterocycles. The molecule has 104 valence electrons. The van der Waals surface area contributed by atoms with Gasteiger partial charge in [-0.3, -0.25) is 4.79 Å². The molecule has 0 aliphatic heterocycles. The highest BCUT2D eigenvalue weighted by Gasteiger charge is 2.12. The smallest absolute Gasteiger partial charge is 0.313 e. The van der Waals surface area contributed by atoms with Crippen LogP contribution in [0.1, 0.15) is 11.5 Å². The number of esters is 1. The van der Waals surface area contributed by atoms with Crippen molar-refractivity contribution in [3.05, 3.63) is 46.1 Å². The van der Waals surface area contributed by atoms with Gasteiger partial charge in [-0.1, -0.05) is 15.9 Å². The van der Waals surface area contributed by atoms with Crippen molar-refractivity contribution in [1.82, 2.24) is 9.97 Å². The topological polar surface area (TPSA) is 52.1 Å². The zero-order valence-corrected chi connectivity index (χ0v) is 12.6. The molecule has 6 heteroatoms. The van der Waals surface area contributed by atoms with Gasteiger partial charge in [0, 0.05) is 15.7 Å². The molecule has 0 saturated heterocycles. The Balaban J connectivity index is 2.46. The second-order valence-electron chi connectivity index (χ2n) is 4.19. The van der Waals surface area contributed by atoms with Gasteiger partial charge in [0.05, 0.1) is 12.8 Å². The summed E-state index contributed by atoms with van der Waals surface area (Å²) in [5.41, 5.74) is 1.46. The van der Waals surface area contributed by atoms with Gasteiger partial charge in [-0.15, -0.1) is 0 Å². The first-order valence-corrected chi connectivity index (χ1v) is 6.65. The molecule has 0 amide bonds. The molecule has 0 fully saturated rings. The third kappa shape index (κ3) is 3.39. The van der Waals surface area contributed by atoms with Crippen molar-refractivity contribution in [2.45, 2.75) is 13.3 Å². The monoisotopic (exact) mass is 338 g/mol. The largest absolute Gasteiger partial charge is 0.469 e. The predicted molar refractivity (Wildman–Crippen MR) is 75.6 cm³/mol. The molecule has 0 aliphatic rings. The molecule has 0 N–H and O–H groups in total. The Morgan fingerprint density at radius 2 is 2.10 bits per heavy atom. The number of hydrogen-bond acceptors (Lipinski definition) is 4. The molecule has 20 heavy (non-hydrogen) atoms. The van der Waals surface area contributed by atoms with E-state index in [4.69, 9.17) is 0 Å². The Labute approximate surface area is 124 Å². The number of hydrogen-bond donors (Lipinski definition) is 0. The molecule has 0 spiro atoms. The lowest BCUT2D eigenvalue weighted by Crippen LogP contribution is -2.09. The molecule has 0 bridgehead atoms. The number of carbonyl (C=O) groups is 1. The minimum atomic E-state index is -0.434. The van der Waals surface area contributed by atoms with Gasteiger partial charge in [-0.05, 0) is 31.2 Å². The van der Waals surface area contributed by atoms with Crippen LogP contribution in [0.4, 0.5) is 4.39 Å². The van der Waals surface area contributed by atoms with E-state index in [9.17, 15) is 9.18 Å². The van der Waals surface area contributed by atoms with E-state index in [1.54, 1.807) is 25.1 Å². The van der Waals surface area contributed by atoms with E-state index < -0.39 is 5.97 Å². The number of rotatable bonds is 3. The van der Waals surface area contributed by atoms with Crippen molar-refractivity contribution in [1.29, 1.82) is 0 Å². The van der Waals surface area contributed by atoms with Crippen LogP contribution in [0.2, 0.25) is 0 Å². The van der Waals surface area contributed by atoms with Gasteiger partial charge in [0.25, 0.3) is 0 Å². The molecular formula is C14H12BrFN2O2. The van der Waals surface area contributed by atoms with E-state index >= 15 is 0 Å². The zero-order chi connectivity index (χ0) is 14.7. The lowest BCUT2D eigenvalue weighted by Gasteiger charge is -2.07. The molecule has 2 rings (SSSR count). The maximum Gasteiger partial charge on any atom is 0.313 e. The number of carbonyl (C=O) groups excluding carboxylic acids is 1. The van der Waals surface area contributed by atoms with Crippen LogP contribution >= 0.6 is 15.9 Å². The fourth-order valence-corrected chi connectivity index (χ4v) is 2.10. The molecule has 4 nitrogen and oxygen atoms in total. The minimum absolute atomic E-state index is 0.0409. The standard InChI is InChI=1S/C14H12BrFN2O2/c1-8-5-12(10-6-9(15)3-4-11(10)16)18-13(17-8)7-14(19)20-2/h3-6H,7H2,1-2H3. The number of benzene rings is 1. The molecule has 0 aliphatic carbocycles. The van der Waals surface area contributed by atoms with Crippen LogP contribution in [0, 0.1) is 12.7 Å². The third-order valence-electron chi connectivity index (χ3n) is 2.64. The Bertz CT molecular complexity index is 662. The van der Waals surface area contributed by atoms with Crippen molar-refractivity contribution in [2.24, 2.45) is 0 Å². The quantitative estimate of drug-likeness (QED) is 0.807. The van der Waals surface area contributed by atoms with Crippen LogP contribution in [0.15, 0.2) is 28.7 Å². The predicted octanol–water partition coefficient (Wildman–Crippen LogP) is 3.07.